The van der Waals surface area contributed by atoms with Gasteiger partial charge in [0.1, 0.15) is 6.54 Å². The molecule has 3 amide bonds. The van der Waals surface area contributed by atoms with Crippen LogP contribution in [-0.2, 0) is 4.79 Å². The van der Waals surface area contributed by atoms with E-state index in [2.05, 4.69) is 10.6 Å². The van der Waals surface area contributed by atoms with Crippen molar-refractivity contribution in [1.29, 1.82) is 0 Å². The summed E-state index contributed by atoms with van der Waals surface area (Å²) in [7, 11) is 0. The Morgan fingerprint density at radius 2 is 2.15 bits per heavy atom. The number of hydrogen-bond acceptors (Lipinski definition) is 2. The number of carbonyl (C=O) groups excluding carboxylic acids is 2. The van der Waals surface area contributed by atoms with Crippen LogP contribution in [0.2, 0.25) is 0 Å². The summed E-state index contributed by atoms with van der Waals surface area (Å²) in [5.41, 5.74) is -1.79. The van der Waals surface area contributed by atoms with Crippen LogP contribution in [0.4, 0.5) is 18.0 Å². The highest BCUT2D eigenvalue weighted by Gasteiger charge is 2.58. The van der Waals surface area contributed by atoms with Gasteiger partial charge in [-0.05, 0) is 19.8 Å². The molecule has 1 saturated carbocycles. The van der Waals surface area contributed by atoms with Crippen molar-refractivity contribution in [1.82, 2.24) is 15.5 Å². The molecule has 8 heteroatoms. The topological polar surface area (TPSA) is 61.4 Å². The predicted molar refractivity (Wildman–Crippen MR) is 64.9 cm³/mol. The van der Waals surface area contributed by atoms with Crippen LogP contribution in [0.3, 0.4) is 0 Å². The molecule has 0 aromatic carbocycles. The van der Waals surface area contributed by atoms with Crippen molar-refractivity contribution in [2.75, 3.05) is 19.6 Å². The second-order valence-electron chi connectivity index (χ2n) is 5.64. The zero-order chi connectivity index (χ0) is 15.0. The molecule has 0 aromatic heterocycles. The van der Waals surface area contributed by atoms with Crippen LogP contribution in [0, 0.1) is 5.41 Å². The molecule has 0 bridgehead atoms. The maximum atomic E-state index is 12.9. The van der Waals surface area contributed by atoms with E-state index in [0.717, 1.165) is 0 Å². The second-order valence-corrected chi connectivity index (χ2v) is 5.64. The molecule has 1 aliphatic heterocycles. The van der Waals surface area contributed by atoms with Crippen molar-refractivity contribution < 1.29 is 22.8 Å². The SMILES string of the molecule is C[C@H]1CN(C(=O)NCC2(C(F)(F)F)CCC2)CC(=O)N1. The first-order valence-electron chi connectivity index (χ1n) is 6.62. The van der Waals surface area contributed by atoms with Gasteiger partial charge in [-0.15, -0.1) is 0 Å². The van der Waals surface area contributed by atoms with Crippen molar-refractivity contribution in [3.05, 3.63) is 0 Å². The molecule has 5 nitrogen and oxygen atoms in total. The summed E-state index contributed by atoms with van der Waals surface area (Å²) in [5, 5.41) is 4.97. The molecule has 0 radical (unpaired) electrons. The number of carbonyl (C=O) groups is 2. The van der Waals surface area contributed by atoms with E-state index in [0.29, 0.717) is 13.0 Å². The lowest BCUT2D eigenvalue weighted by Gasteiger charge is -2.43. The van der Waals surface area contributed by atoms with Crippen LogP contribution in [0.1, 0.15) is 26.2 Å². The minimum atomic E-state index is -4.30. The Bertz CT molecular complexity index is 407. The van der Waals surface area contributed by atoms with Gasteiger partial charge in [0.05, 0.1) is 5.41 Å². The third-order valence-electron chi connectivity index (χ3n) is 4.01. The standard InChI is InChI=1S/C12H18F3N3O2/c1-8-5-18(6-9(19)17-8)10(20)16-7-11(3-2-4-11)12(13,14)15/h8H,2-7H2,1H3,(H,16,20)(H,17,19)/t8-/m0/s1. The van der Waals surface area contributed by atoms with E-state index in [-0.39, 0.29) is 31.3 Å². The van der Waals surface area contributed by atoms with E-state index in [4.69, 9.17) is 0 Å². The van der Waals surface area contributed by atoms with E-state index in [1.54, 1.807) is 6.92 Å². The number of halogens is 3. The number of nitrogens with zero attached hydrogens (tertiary/aromatic N) is 1. The second kappa shape index (κ2) is 5.14. The van der Waals surface area contributed by atoms with Gasteiger partial charge in [0.2, 0.25) is 5.91 Å². The monoisotopic (exact) mass is 293 g/mol. The third kappa shape index (κ3) is 2.83. The van der Waals surface area contributed by atoms with Crippen LogP contribution in [0.25, 0.3) is 0 Å². The summed E-state index contributed by atoms with van der Waals surface area (Å²) in [4.78, 5) is 24.4. The van der Waals surface area contributed by atoms with Gasteiger partial charge in [-0.2, -0.15) is 13.2 Å². The van der Waals surface area contributed by atoms with Crippen LogP contribution >= 0.6 is 0 Å². The number of urea groups is 1. The van der Waals surface area contributed by atoms with Gasteiger partial charge in [-0.25, -0.2) is 4.79 Å². The molecule has 1 saturated heterocycles. The Kier molecular flexibility index (Phi) is 3.84. The molecular formula is C12H18F3N3O2. The molecule has 2 N–H and O–H groups in total. The molecule has 2 fully saturated rings. The normalized spacial score (nSPS) is 25.7. The van der Waals surface area contributed by atoms with Crippen molar-refractivity contribution in [3.63, 3.8) is 0 Å². The van der Waals surface area contributed by atoms with E-state index in [9.17, 15) is 22.8 Å². The lowest BCUT2D eigenvalue weighted by Crippen LogP contribution is -2.59. The Morgan fingerprint density at radius 1 is 1.50 bits per heavy atom. The van der Waals surface area contributed by atoms with Gasteiger partial charge in [-0.3, -0.25) is 4.79 Å². The molecule has 20 heavy (non-hydrogen) atoms. The summed E-state index contributed by atoms with van der Waals surface area (Å²) in [6.07, 6.45) is -3.68. The van der Waals surface area contributed by atoms with E-state index < -0.39 is 24.2 Å². The average Bonchev–Trinajstić information content (AvgIpc) is 2.23. The fraction of sp³-hybridized carbons (Fsp3) is 0.833. The quantitative estimate of drug-likeness (QED) is 0.805. The number of amides is 3. The summed E-state index contributed by atoms with van der Waals surface area (Å²) in [6.45, 7) is 1.51. The Balaban J connectivity index is 1.90. The maximum Gasteiger partial charge on any atom is 0.396 e. The molecule has 0 unspecified atom stereocenters. The molecule has 1 atom stereocenters. The van der Waals surface area contributed by atoms with E-state index in [1.807, 2.05) is 0 Å². The number of nitrogens with one attached hydrogen (secondary N) is 2. The minimum absolute atomic E-state index is 0.0493. The molecule has 2 rings (SSSR count). The lowest BCUT2D eigenvalue weighted by molar-refractivity contribution is -0.247. The third-order valence-corrected chi connectivity index (χ3v) is 4.01. The summed E-state index contributed by atoms with van der Waals surface area (Å²) < 4.78 is 38.8. The molecule has 0 aromatic rings. The van der Waals surface area contributed by atoms with Gasteiger partial charge in [0.25, 0.3) is 0 Å². The molecule has 2 aliphatic rings. The zero-order valence-corrected chi connectivity index (χ0v) is 11.2. The largest absolute Gasteiger partial charge is 0.396 e. The number of hydrogen-bond donors (Lipinski definition) is 2. The highest BCUT2D eigenvalue weighted by Crippen LogP contribution is 2.52. The minimum Gasteiger partial charge on any atom is -0.350 e. The molecule has 1 aliphatic carbocycles. The number of piperazine rings is 1. The first-order valence-corrected chi connectivity index (χ1v) is 6.62. The van der Waals surface area contributed by atoms with E-state index in [1.165, 1.54) is 4.90 Å². The van der Waals surface area contributed by atoms with Crippen molar-refractivity contribution >= 4 is 11.9 Å². The molecule has 0 spiro atoms. The van der Waals surface area contributed by atoms with Crippen molar-refractivity contribution in [2.45, 2.75) is 38.4 Å². The number of alkyl halides is 3. The fourth-order valence-corrected chi connectivity index (χ4v) is 2.61. The van der Waals surface area contributed by atoms with Gasteiger partial charge < -0.3 is 15.5 Å². The highest BCUT2D eigenvalue weighted by molar-refractivity contribution is 5.85. The van der Waals surface area contributed by atoms with Crippen molar-refractivity contribution in [2.24, 2.45) is 5.41 Å². The van der Waals surface area contributed by atoms with E-state index >= 15 is 0 Å². The highest BCUT2D eigenvalue weighted by atomic mass is 19.4. The zero-order valence-electron chi connectivity index (χ0n) is 11.2. The van der Waals surface area contributed by atoms with Crippen LogP contribution in [-0.4, -0.2) is 48.7 Å². The molecular weight excluding hydrogens is 275 g/mol. The van der Waals surface area contributed by atoms with Gasteiger partial charge in [0, 0.05) is 19.1 Å². The Hall–Kier alpha value is -1.47. The predicted octanol–water partition coefficient (Wildman–Crippen LogP) is 1.25. The van der Waals surface area contributed by atoms with Crippen molar-refractivity contribution in [3.8, 4) is 0 Å². The summed E-state index contributed by atoms with van der Waals surface area (Å²) >= 11 is 0. The Labute approximate surface area is 114 Å². The summed E-state index contributed by atoms with van der Waals surface area (Å²) in [6, 6.07) is -0.801. The van der Waals surface area contributed by atoms with Crippen LogP contribution < -0.4 is 10.6 Å². The first-order chi connectivity index (χ1) is 9.23. The smallest absolute Gasteiger partial charge is 0.350 e. The average molecular weight is 293 g/mol. The molecule has 1 heterocycles. The van der Waals surface area contributed by atoms with Gasteiger partial charge >= 0.3 is 12.2 Å². The van der Waals surface area contributed by atoms with Gasteiger partial charge in [0.15, 0.2) is 0 Å². The van der Waals surface area contributed by atoms with Gasteiger partial charge in [-0.1, -0.05) is 6.42 Å². The number of rotatable bonds is 2. The van der Waals surface area contributed by atoms with Crippen LogP contribution in [0.5, 0.6) is 0 Å². The van der Waals surface area contributed by atoms with Crippen LogP contribution in [0.15, 0.2) is 0 Å². The molecule has 114 valence electrons. The maximum absolute atomic E-state index is 12.9. The first kappa shape index (κ1) is 14.9. The fourth-order valence-electron chi connectivity index (χ4n) is 2.61. The summed E-state index contributed by atoms with van der Waals surface area (Å²) in [5.74, 6) is -0.298. The lowest BCUT2D eigenvalue weighted by atomic mass is 9.68. The Morgan fingerprint density at radius 3 is 2.60 bits per heavy atom.